The van der Waals surface area contributed by atoms with Crippen molar-refractivity contribution < 1.29 is 14.7 Å². The van der Waals surface area contributed by atoms with Gasteiger partial charge in [0.05, 0.1) is 6.20 Å². The van der Waals surface area contributed by atoms with E-state index in [1.807, 2.05) is 25.3 Å². The summed E-state index contributed by atoms with van der Waals surface area (Å²) in [4.78, 5) is 17.9. The predicted octanol–water partition coefficient (Wildman–Crippen LogP) is -1.92. The molecule has 1 aromatic rings. The summed E-state index contributed by atoms with van der Waals surface area (Å²) in [5.41, 5.74) is 5.33. The number of hydrogen-bond acceptors (Lipinski definition) is 2. The number of anilines is 1. The number of quaternary nitrogens is 1. The van der Waals surface area contributed by atoms with Crippen molar-refractivity contribution in [1.29, 1.82) is 0 Å². The molecule has 0 radical (unpaired) electrons. The number of piperazine rings is 1. The zero-order valence-corrected chi connectivity index (χ0v) is 10.1. The van der Waals surface area contributed by atoms with E-state index >= 15 is 0 Å². The van der Waals surface area contributed by atoms with Crippen LogP contribution < -0.4 is 20.5 Å². The smallest absolute Gasteiger partial charge is 0.275 e. The number of nitrogens with zero attached hydrogens (tertiary/aromatic N) is 1. The van der Waals surface area contributed by atoms with Crippen LogP contribution in [-0.4, -0.2) is 38.1 Å². The normalized spacial score (nSPS) is 19.0. The van der Waals surface area contributed by atoms with Gasteiger partial charge in [0.1, 0.15) is 26.2 Å². The molecular weight excluding hydrogens is 216 g/mol. The fourth-order valence-electron chi connectivity index (χ4n) is 2.25. The molecule has 2 heterocycles. The Kier molecular flexibility index (Phi) is 3.58. The summed E-state index contributed by atoms with van der Waals surface area (Å²) in [7, 11) is 0. The Hall–Kier alpha value is -1.62. The van der Waals surface area contributed by atoms with E-state index < -0.39 is 0 Å². The fraction of sp³-hybridized carbons (Fsp3) is 0.500. The van der Waals surface area contributed by atoms with Gasteiger partial charge >= 0.3 is 0 Å². The number of pyridine rings is 1. The number of H-pyrrole nitrogens is 1. The minimum Gasteiger partial charge on any atom is -0.365 e. The number of amides is 1. The van der Waals surface area contributed by atoms with Crippen LogP contribution >= 0.6 is 0 Å². The first-order valence-corrected chi connectivity index (χ1v) is 6.04. The summed E-state index contributed by atoms with van der Waals surface area (Å²) in [6.45, 7) is 5.71. The lowest BCUT2D eigenvalue weighted by atomic mass is 10.2. The van der Waals surface area contributed by atoms with Crippen LogP contribution in [0.15, 0.2) is 24.4 Å². The molecule has 0 spiro atoms. The molecule has 5 nitrogen and oxygen atoms in total. The van der Waals surface area contributed by atoms with Crippen molar-refractivity contribution in [3.63, 3.8) is 0 Å². The Bertz CT molecular complexity index is 373. The number of nitrogens with two attached hydrogens (primary N) is 1. The van der Waals surface area contributed by atoms with Gasteiger partial charge in [-0.2, -0.15) is 0 Å². The molecule has 4 N–H and O–H groups in total. The van der Waals surface area contributed by atoms with E-state index in [0.29, 0.717) is 0 Å². The van der Waals surface area contributed by atoms with Crippen molar-refractivity contribution in [3.05, 3.63) is 24.4 Å². The lowest BCUT2D eigenvalue weighted by molar-refractivity contribution is -0.914. The van der Waals surface area contributed by atoms with Gasteiger partial charge in [0.2, 0.25) is 0 Å². The number of primary amides is 1. The highest BCUT2D eigenvalue weighted by atomic mass is 16.1. The van der Waals surface area contributed by atoms with Crippen LogP contribution in [0, 0.1) is 0 Å². The van der Waals surface area contributed by atoms with Crippen molar-refractivity contribution in [3.8, 4) is 0 Å². The van der Waals surface area contributed by atoms with Crippen molar-refractivity contribution in [2.75, 3.05) is 31.1 Å². The molecule has 1 aromatic heterocycles. The van der Waals surface area contributed by atoms with Crippen molar-refractivity contribution in [2.24, 2.45) is 5.73 Å². The minimum atomic E-state index is -0.209. The zero-order chi connectivity index (χ0) is 12.3. The minimum absolute atomic E-state index is 0.0862. The van der Waals surface area contributed by atoms with Crippen LogP contribution in [0.5, 0.6) is 0 Å². The second kappa shape index (κ2) is 5.14. The summed E-state index contributed by atoms with van der Waals surface area (Å²) in [5.74, 6) is 0.929. The van der Waals surface area contributed by atoms with Gasteiger partial charge in [-0.1, -0.05) is 6.07 Å². The fourth-order valence-corrected chi connectivity index (χ4v) is 2.25. The SMILES string of the molecule is C[C@H](C(N)=O)[NH+]1CCN(c2cccc[nH+]2)CC1. The maximum atomic E-state index is 11.1. The number of carbonyl (C=O) groups excluding carboxylic acids is 1. The van der Waals surface area contributed by atoms with Crippen LogP contribution in [0.3, 0.4) is 0 Å². The quantitative estimate of drug-likeness (QED) is 0.642. The molecule has 1 aliphatic rings. The number of carbonyl (C=O) groups is 1. The Morgan fingerprint density at radius 3 is 2.71 bits per heavy atom. The molecule has 0 saturated carbocycles. The molecule has 1 fully saturated rings. The summed E-state index contributed by atoms with van der Waals surface area (Å²) < 4.78 is 0. The molecular formula is C12H20N4O+2. The van der Waals surface area contributed by atoms with E-state index in [4.69, 9.17) is 5.73 Å². The third kappa shape index (κ3) is 2.74. The second-order valence-electron chi connectivity index (χ2n) is 4.52. The molecule has 5 heteroatoms. The highest BCUT2D eigenvalue weighted by molar-refractivity contribution is 5.77. The Morgan fingerprint density at radius 1 is 1.47 bits per heavy atom. The first-order chi connectivity index (χ1) is 8.18. The van der Waals surface area contributed by atoms with Crippen molar-refractivity contribution in [2.45, 2.75) is 13.0 Å². The predicted molar refractivity (Wildman–Crippen MR) is 64.6 cm³/mol. The third-order valence-corrected chi connectivity index (χ3v) is 3.48. The summed E-state index contributed by atoms with van der Waals surface area (Å²) in [6.07, 6.45) is 1.93. The topological polar surface area (TPSA) is 64.9 Å². The maximum absolute atomic E-state index is 11.1. The van der Waals surface area contributed by atoms with Gasteiger partial charge in [-0.3, -0.25) is 9.69 Å². The monoisotopic (exact) mass is 236 g/mol. The molecule has 1 atom stereocenters. The lowest BCUT2D eigenvalue weighted by Gasteiger charge is -2.30. The van der Waals surface area contributed by atoms with E-state index in [1.165, 1.54) is 4.90 Å². The highest BCUT2D eigenvalue weighted by Crippen LogP contribution is 2.04. The Balaban J connectivity index is 1.93. The average Bonchev–Trinajstić information content (AvgIpc) is 2.39. The van der Waals surface area contributed by atoms with Crippen LogP contribution in [0.1, 0.15) is 6.92 Å². The van der Waals surface area contributed by atoms with E-state index in [9.17, 15) is 4.79 Å². The first kappa shape index (κ1) is 11.9. The number of nitrogens with one attached hydrogen (secondary N) is 2. The van der Waals surface area contributed by atoms with Gasteiger partial charge in [0, 0.05) is 6.07 Å². The lowest BCUT2D eigenvalue weighted by Crippen LogP contribution is -3.19. The molecule has 0 aliphatic carbocycles. The third-order valence-electron chi connectivity index (χ3n) is 3.48. The molecule has 17 heavy (non-hydrogen) atoms. The zero-order valence-electron chi connectivity index (χ0n) is 10.1. The largest absolute Gasteiger partial charge is 0.365 e. The number of rotatable bonds is 3. The molecule has 92 valence electrons. The van der Waals surface area contributed by atoms with Crippen LogP contribution in [0.25, 0.3) is 0 Å². The number of aromatic nitrogens is 1. The van der Waals surface area contributed by atoms with Gasteiger partial charge in [0.15, 0.2) is 6.04 Å². The Morgan fingerprint density at radius 2 is 2.18 bits per heavy atom. The van der Waals surface area contributed by atoms with E-state index in [1.54, 1.807) is 0 Å². The molecule has 1 aliphatic heterocycles. The molecule has 2 rings (SSSR count). The number of hydrogen-bond donors (Lipinski definition) is 2. The molecule has 0 unspecified atom stereocenters. The van der Waals surface area contributed by atoms with E-state index in [-0.39, 0.29) is 11.9 Å². The van der Waals surface area contributed by atoms with Gasteiger partial charge in [-0.15, -0.1) is 0 Å². The van der Waals surface area contributed by atoms with Gasteiger partial charge in [0.25, 0.3) is 11.7 Å². The number of aromatic amines is 1. The second-order valence-corrected chi connectivity index (χ2v) is 4.52. The molecule has 0 aromatic carbocycles. The molecule has 1 amide bonds. The summed E-state index contributed by atoms with van der Waals surface area (Å²) in [6, 6.07) is 5.98. The summed E-state index contributed by atoms with van der Waals surface area (Å²) in [5, 5.41) is 0. The molecule has 1 saturated heterocycles. The highest BCUT2D eigenvalue weighted by Gasteiger charge is 2.31. The maximum Gasteiger partial charge on any atom is 0.275 e. The van der Waals surface area contributed by atoms with E-state index in [2.05, 4.69) is 16.0 Å². The van der Waals surface area contributed by atoms with E-state index in [0.717, 1.165) is 32.0 Å². The summed E-state index contributed by atoms with van der Waals surface area (Å²) >= 11 is 0. The van der Waals surface area contributed by atoms with Crippen LogP contribution in [-0.2, 0) is 4.79 Å². The van der Waals surface area contributed by atoms with Gasteiger partial charge < -0.3 is 10.6 Å². The molecule has 0 bridgehead atoms. The van der Waals surface area contributed by atoms with Crippen LogP contribution in [0.2, 0.25) is 0 Å². The van der Waals surface area contributed by atoms with Gasteiger partial charge in [-0.25, -0.2) is 4.98 Å². The first-order valence-electron chi connectivity index (χ1n) is 6.04. The van der Waals surface area contributed by atoms with Crippen molar-refractivity contribution in [1.82, 2.24) is 0 Å². The van der Waals surface area contributed by atoms with Crippen molar-refractivity contribution >= 4 is 11.7 Å². The standard InChI is InChI=1S/C12H18N4O/c1-10(12(13)17)15-6-8-16(9-7-15)11-4-2-3-5-14-11/h2-5,10H,6-9H2,1H3,(H2,13,17)/p+2/t10-/m1/s1. The average molecular weight is 236 g/mol. The van der Waals surface area contributed by atoms with Gasteiger partial charge in [-0.05, 0) is 13.0 Å². The van der Waals surface area contributed by atoms with Crippen LogP contribution in [0.4, 0.5) is 5.82 Å². The Labute approximate surface area is 101 Å².